The number of rotatable bonds is 4. The zero-order valence-electron chi connectivity index (χ0n) is 24.5. The summed E-state index contributed by atoms with van der Waals surface area (Å²) in [6, 6.07) is 12.8. The molecule has 0 bridgehead atoms. The van der Waals surface area contributed by atoms with Gasteiger partial charge in [-0.15, -0.1) is 0 Å². The highest BCUT2D eigenvalue weighted by molar-refractivity contribution is 6.04. The number of aliphatic imine (C=N–C) groups is 1. The van der Waals surface area contributed by atoms with Gasteiger partial charge in [0.05, 0.1) is 36.6 Å². The van der Waals surface area contributed by atoms with Gasteiger partial charge < -0.3 is 10.8 Å². The van der Waals surface area contributed by atoms with E-state index in [0.717, 1.165) is 64.8 Å². The van der Waals surface area contributed by atoms with Crippen molar-refractivity contribution in [2.45, 2.75) is 65.1 Å². The van der Waals surface area contributed by atoms with Crippen LogP contribution in [0.5, 0.6) is 0 Å². The summed E-state index contributed by atoms with van der Waals surface area (Å²) in [4.78, 5) is 18.2. The molecule has 7 rings (SSSR count). The van der Waals surface area contributed by atoms with E-state index in [2.05, 4.69) is 25.9 Å². The first-order valence-corrected chi connectivity index (χ1v) is 14.6. The van der Waals surface area contributed by atoms with Crippen LogP contribution in [0.3, 0.4) is 0 Å². The van der Waals surface area contributed by atoms with Gasteiger partial charge in [-0.2, -0.15) is 14.9 Å². The molecule has 0 saturated carbocycles. The van der Waals surface area contributed by atoms with E-state index in [1.54, 1.807) is 6.07 Å². The number of hydrogen-bond donors (Lipinski definition) is 2. The third-order valence-electron chi connectivity index (χ3n) is 8.76. The van der Waals surface area contributed by atoms with Gasteiger partial charge in [-0.1, -0.05) is 32.9 Å². The summed E-state index contributed by atoms with van der Waals surface area (Å²) >= 11 is 0. The maximum atomic E-state index is 15.4. The molecule has 0 saturated heterocycles. The van der Waals surface area contributed by atoms with Crippen LogP contribution in [0.15, 0.2) is 64.6 Å². The summed E-state index contributed by atoms with van der Waals surface area (Å²) in [5, 5.41) is 20.2. The largest absolute Gasteiger partial charge is 0.392 e. The molecule has 3 aromatic carbocycles. The second-order valence-electron chi connectivity index (χ2n) is 12.4. The molecule has 9 heteroatoms. The van der Waals surface area contributed by atoms with Crippen LogP contribution in [-0.4, -0.2) is 30.5 Å². The minimum atomic E-state index is -0.590. The predicted octanol–water partition coefficient (Wildman–Crippen LogP) is 5.40. The molecule has 8 nitrogen and oxygen atoms in total. The van der Waals surface area contributed by atoms with Gasteiger partial charge in [0, 0.05) is 34.3 Å². The Morgan fingerprint density at radius 2 is 1.81 bits per heavy atom. The van der Waals surface area contributed by atoms with Crippen LogP contribution in [0.1, 0.15) is 61.6 Å². The Morgan fingerprint density at radius 3 is 2.60 bits per heavy atom. The van der Waals surface area contributed by atoms with Crippen molar-refractivity contribution in [2.24, 2.45) is 10.7 Å². The number of aromatic nitrogens is 4. The van der Waals surface area contributed by atoms with Crippen LogP contribution in [0.4, 0.5) is 4.39 Å². The lowest BCUT2D eigenvalue weighted by molar-refractivity contribution is 0.282. The fourth-order valence-corrected chi connectivity index (χ4v) is 6.41. The monoisotopic (exact) mass is 576 g/mol. The van der Waals surface area contributed by atoms with E-state index in [1.807, 2.05) is 51.2 Å². The zero-order chi connectivity index (χ0) is 30.0. The number of aliphatic hydroxyl groups excluding tert-OH is 1. The zero-order valence-corrected chi connectivity index (χ0v) is 24.5. The second kappa shape index (κ2) is 9.98. The third kappa shape index (κ3) is 4.38. The molecule has 0 radical (unpaired) electrons. The predicted molar refractivity (Wildman–Crippen MR) is 166 cm³/mol. The minimum Gasteiger partial charge on any atom is -0.392 e. The van der Waals surface area contributed by atoms with Crippen molar-refractivity contribution in [3.05, 3.63) is 99.0 Å². The summed E-state index contributed by atoms with van der Waals surface area (Å²) in [5.41, 5.74) is 13.9. The topological polar surface area (TPSA) is 111 Å². The van der Waals surface area contributed by atoms with E-state index >= 15 is 4.39 Å². The molecular weight excluding hydrogens is 543 g/mol. The van der Waals surface area contributed by atoms with E-state index in [4.69, 9.17) is 5.73 Å². The number of nitrogens with zero attached hydrogens (tertiary/aromatic N) is 5. The summed E-state index contributed by atoms with van der Waals surface area (Å²) < 4.78 is 18.7. The lowest BCUT2D eigenvalue weighted by Crippen LogP contribution is -2.24. The van der Waals surface area contributed by atoms with E-state index in [0.29, 0.717) is 29.0 Å². The summed E-state index contributed by atoms with van der Waals surface area (Å²) in [7, 11) is 0. The molecule has 43 heavy (non-hydrogen) atoms. The van der Waals surface area contributed by atoms with Crippen LogP contribution in [0.2, 0.25) is 0 Å². The van der Waals surface area contributed by atoms with Gasteiger partial charge in [0.15, 0.2) is 0 Å². The molecule has 3 N–H and O–H groups in total. The standard InChI is InChI=1S/C34H33FN6O2/c1-34(2,3)21-11-20-15-39-41(33(43)31(20)28(35)14-21)30-9-6-7-22(27(30)18-42)19-12-23(25-16-37-32(36)24(25)13-19)26-17-38-40-10-5-4-8-29(26)40/h6-7,9,11-15,17,42H,4-5,8,10,16,18H2,1-3H3,(H2,36,37). The Kier molecular flexibility index (Phi) is 6.32. The first-order chi connectivity index (χ1) is 20.7. The van der Waals surface area contributed by atoms with Crippen LogP contribution >= 0.6 is 0 Å². The highest BCUT2D eigenvalue weighted by atomic mass is 19.1. The van der Waals surface area contributed by atoms with Crippen LogP contribution in [-0.2, 0) is 31.5 Å². The van der Waals surface area contributed by atoms with Crippen molar-refractivity contribution < 1.29 is 9.50 Å². The third-order valence-corrected chi connectivity index (χ3v) is 8.76. The molecule has 2 aromatic heterocycles. The Balaban J connectivity index is 1.41. The Hall–Kier alpha value is -4.63. The van der Waals surface area contributed by atoms with Crippen molar-refractivity contribution in [2.75, 3.05) is 0 Å². The van der Waals surface area contributed by atoms with Crippen molar-refractivity contribution in [1.29, 1.82) is 0 Å². The molecule has 2 aliphatic heterocycles. The van der Waals surface area contributed by atoms with Gasteiger partial charge in [0.25, 0.3) is 5.56 Å². The number of halogens is 1. The number of aliphatic hydroxyl groups is 1. The lowest BCUT2D eigenvalue weighted by atomic mass is 9.86. The smallest absolute Gasteiger partial charge is 0.282 e. The average Bonchev–Trinajstić information content (AvgIpc) is 3.59. The van der Waals surface area contributed by atoms with E-state index in [-0.39, 0.29) is 17.4 Å². The van der Waals surface area contributed by atoms with Crippen LogP contribution < -0.4 is 11.3 Å². The van der Waals surface area contributed by atoms with Gasteiger partial charge in [-0.3, -0.25) is 14.5 Å². The first-order valence-electron chi connectivity index (χ1n) is 14.6. The molecule has 0 amide bonds. The molecule has 0 aliphatic carbocycles. The molecule has 0 unspecified atom stereocenters. The van der Waals surface area contributed by atoms with Gasteiger partial charge >= 0.3 is 0 Å². The average molecular weight is 577 g/mol. The maximum absolute atomic E-state index is 15.4. The molecule has 0 atom stereocenters. The number of fused-ring (bicyclic) bond motifs is 3. The van der Waals surface area contributed by atoms with Gasteiger partial charge in [0.1, 0.15) is 11.7 Å². The first kappa shape index (κ1) is 27.2. The van der Waals surface area contributed by atoms with Gasteiger partial charge in [0.2, 0.25) is 0 Å². The number of amidine groups is 1. The SMILES string of the molecule is CC(C)(C)c1cc(F)c2c(=O)n(-c3cccc(-c4cc5c(c(-c6cnn7c6CCCC7)c4)CN=C5N)c3CO)ncc2c1. The number of nitrogens with two attached hydrogens (primary N) is 1. The molecule has 5 aromatic rings. The lowest BCUT2D eigenvalue weighted by Gasteiger charge is -2.20. The fraction of sp³-hybridized carbons (Fsp3) is 0.294. The second-order valence-corrected chi connectivity index (χ2v) is 12.4. The van der Waals surface area contributed by atoms with E-state index < -0.39 is 11.4 Å². The van der Waals surface area contributed by atoms with Gasteiger partial charge in [-0.05, 0) is 82.8 Å². The normalized spacial score (nSPS) is 14.6. The Bertz CT molecular complexity index is 2030. The maximum Gasteiger partial charge on any atom is 0.282 e. The Labute approximate surface area is 248 Å². The summed E-state index contributed by atoms with van der Waals surface area (Å²) in [5.74, 6) is -0.119. The Morgan fingerprint density at radius 1 is 1.00 bits per heavy atom. The highest BCUT2D eigenvalue weighted by Gasteiger charge is 2.26. The number of hydrogen-bond acceptors (Lipinski definition) is 6. The summed E-state index contributed by atoms with van der Waals surface area (Å²) in [6.45, 7) is 7.01. The molecular formula is C34H33FN6O2. The van der Waals surface area contributed by atoms with Crippen LogP contribution in [0, 0.1) is 5.82 Å². The van der Waals surface area contributed by atoms with Crippen molar-refractivity contribution >= 4 is 16.6 Å². The molecule has 2 aliphatic rings. The number of aryl methyl sites for hydroxylation is 1. The van der Waals surface area contributed by atoms with E-state index in [1.165, 1.54) is 22.6 Å². The van der Waals surface area contributed by atoms with Crippen molar-refractivity contribution in [1.82, 2.24) is 19.6 Å². The molecule has 0 spiro atoms. The van der Waals surface area contributed by atoms with Crippen molar-refractivity contribution in [3.8, 4) is 27.9 Å². The van der Waals surface area contributed by atoms with Gasteiger partial charge in [-0.25, -0.2) is 4.39 Å². The molecule has 0 fully saturated rings. The minimum absolute atomic E-state index is 0.0351. The van der Waals surface area contributed by atoms with E-state index in [9.17, 15) is 9.90 Å². The van der Waals surface area contributed by atoms with Crippen molar-refractivity contribution in [3.63, 3.8) is 0 Å². The molecule has 4 heterocycles. The number of benzene rings is 3. The highest BCUT2D eigenvalue weighted by Crippen LogP contribution is 2.39. The van der Waals surface area contributed by atoms with Crippen LogP contribution in [0.25, 0.3) is 38.7 Å². The summed E-state index contributed by atoms with van der Waals surface area (Å²) in [6.07, 6.45) is 6.61. The quantitative estimate of drug-likeness (QED) is 0.298. The molecule has 218 valence electrons. The fourth-order valence-electron chi connectivity index (χ4n) is 6.41.